The van der Waals surface area contributed by atoms with Gasteiger partial charge in [-0.05, 0) is 42.3 Å². The maximum Gasteiger partial charge on any atom is 0.165 e. The van der Waals surface area contributed by atoms with Gasteiger partial charge in [0.1, 0.15) is 17.7 Å². The van der Waals surface area contributed by atoms with E-state index in [1.165, 1.54) is 12.4 Å². The van der Waals surface area contributed by atoms with Gasteiger partial charge in [0.2, 0.25) is 0 Å². The zero-order valence-electron chi connectivity index (χ0n) is 17.4. The Morgan fingerprint density at radius 3 is 2.88 bits per heavy atom. The monoisotopic (exact) mass is 449 g/mol. The third kappa shape index (κ3) is 3.79. The van der Waals surface area contributed by atoms with E-state index in [4.69, 9.17) is 17.3 Å². The molecule has 5 aromatic rings. The Morgan fingerprint density at radius 2 is 2.03 bits per heavy atom. The number of aromatic nitrogens is 5. The lowest BCUT2D eigenvalue weighted by atomic mass is 10.1. The van der Waals surface area contributed by atoms with Gasteiger partial charge < -0.3 is 20.6 Å². The van der Waals surface area contributed by atoms with Crippen molar-refractivity contribution < 1.29 is 4.39 Å². The number of halogens is 2. The number of nitrogens with zero attached hydrogens (tertiary/aromatic N) is 4. The third-order valence-electron chi connectivity index (χ3n) is 5.57. The molecule has 0 atom stereocenters. The van der Waals surface area contributed by atoms with Crippen LogP contribution in [-0.4, -0.2) is 24.5 Å². The molecule has 0 aliphatic carbocycles. The van der Waals surface area contributed by atoms with Crippen LogP contribution in [-0.2, 0) is 19.6 Å². The lowest BCUT2D eigenvalue weighted by molar-refractivity contribution is 0.584. The van der Waals surface area contributed by atoms with Crippen LogP contribution in [0.2, 0.25) is 5.02 Å². The van der Waals surface area contributed by atoms with Gasteiger partial charge in [-0.25, -0.2) is 19.3 Å². The van der Waals surface area contributed by atoms with Gasteiger partial charge in [0, 0.05) is 34.8 Å². The average molecular weight is 450 g/mol. The standard InChI is InChI=1S/C23H21ClFN7/c1-13-3-2-4-19(25)18(13)9-27-8-17-7-14-5-16(24)6-15(20(14)31-17)10-32-12-30-21-22(26)28-11-29-23(21)32/h2-7,11-12,27,31H,8-10H2,1H3,(H2,26,28,29). The highest BCUT2D eigenvalue weighted by Crippen LogP contribution is 2.27. The van der Waals surface area contributed by atoms with Crippen molar-refractivity contribution in [2.45, 2.75) is 26.6 Å². The molecule has 32 heavy (non-hydrogen) atoms. The fraction of sp³-hybridized carbons (Fsp3) is 0.174. The molecule has 0 bridgehead atoms. The normalized spacial score (nSPS) is 11.6. The lowest BCUT2D eigenvalue weighted by Crippen LogP contribution is -2.15. The Balaban J connectivity index is 1.40. The van der Waals surface area contributed by atoms with E-state index in [2.05, 4.69) is 31.3 Å². The molecule has 0 radical (unpaired) electrons. The summed E-state index contributed by atoms with van der Waals surface area (Å²) in [5.41, 5.74) is 11.7. The Morgan fingerprint density at radius 1 is 1.16 bits per heavy atom. The molecule has 5 rings (SSSR count). The fourth-order valence-corrected chi connectivity index (χ4v) is 4.22. The number of imidazole rings is 1. The minimum atomic E-state index is -0.194. The fourth-order valence-electron chi connectivity index (χ4n) is 3.97. The Kier molecular flexibility index (Phi) is 5.24. The number of nitrogens with two attached hydrogens (primary N) is 1. The molecule has 0 spiro atoms. The molecule has 0 saturated carbocycles. The summed E-state index contributed by atoms with van der Waals surface area (Å²) in [5.74, 6) is 0.156. The average Bonchev–Trinajstić information content (AvgIpc) is 3.35. The Hall–Kier alpha value is -3.49. The largest absolute Gasteiger partial charge is 0.382 e. The maximum absolute atomic E-state index is 14.1. The zero-order chi connectivity index (χ0) is 22.2. The molecule has 0 aliphatic rings. The second-order valence-corrected chi connectivity index (χ2v) is 8.20. The second kappa shape index (κ2) is 8.22. The number of nitrogens with one attached hydrogen (secondary N) is 2. The molecule has 0 amide bonds. The summed E-state index contributed by atoms with van der Waals surface area (Å²) in [6, 6.07) is 11.0. The van der Waals surface area contributed by atoms with Crippen LogP contribution in [0.4, 0.5) is 10.2 Å². The van der Waals surface area contributed by atoms with Gasteiger partial charge in [-0.2, -0.15) is 0 Å². The van der Waals surface area contributed by atoms with E-state index in [1.54, 1.807) is 12.4 Å². The number of anilines is 1. The Labute approximate surface area is 188 Å². The minimum absolute atomic E-state index is 0.194. The minimum Gasteiger partial charge on any atom is -0.382 e. The summed E-state index contributed by atoms with van der Waals surface area (Å²) in [5, 5.41) is 4.97. The molecular formula is C23H21ClFN7. The first-order valence-corrected chi connectivity index (χ1v) is 10.5. The van der Waals surface area contributed by atoms with Crippen molar-refractivity contribution in [3.8, 4) is 0 Å². The van der Waals surface area contributed by atoms with Crippen LogP contribution in [0.3, 0.4) is 0 Å². The van der Waals surface area contributed by atoms with E-state index < -0.39 is 0 Å². The molecule has 3 aromatic heterocycles. The van der Waals surface area contributed by atoms with Crippen molar-refractivity contribution >= 4 is 39.5 Å². The molecule has 3 heterocycles. The number of rotatable bonds is 6. The van der Waals surface area contributed by atoms with Gasteiger partial charge in [-0.15, -0.1) is 0 Å². The van der Waals surface area contributed by atoms with E-state index in [-0.39, 0.29) is 5.82 Å². The zero-order valence-corrected chi connectivity index (χ0v) is 18.1. The lowest BCUT2D eigenvalue weighted by Gasteiger charge is -2.08. The highest BCUT2D eigenvalue weighted by molar-refractivity contribution is 6.31. The van der Waals surface area contributed by atoms with Crippen molar-refractivity contribution in [2.24, 2.45) is 0 Å². The number of fused-ring (bicyclic) bond motifs is 2. The molecule has 0 saturated heterocycles. The predicted octanol–water partition coefficient (Wildman–Crippen LogP) is 4.33. The van der Waals surface area contributed by atoms with Gasteiger partial charge >= 0.3 is 0 Å². The molecule has 9 heteroatoms. The molecule has 0 fully saturated rings. The summed E-state index contributed by atoms with van der Waals surface area (Å²) < 4.78 is 16.0. The van der Waals surface area contributed by atoms with Crippen LogP contribution < -0.4 is 11.1 Å². The SMILES string of the molecule is Cc1cccc(F)c1CNCc1cc2cc(Cl)cc(Cn3cnc4c(N)ncnc43)c2[nH]1. The molecule has 162 valence electrons. The predicted molar refractivity (Wildman–Crippen MR) is 124 cm³/mol. The van der Waals surface area contributed by atoms with Gasteiger partial charge in [0.25, 0.3) is 0 Å². The van der Waals surface area contributed by atoms with Crippen LogP contribution in [0, 0.1) is 12.7 Å². The number of nitrogen functional groups attached to an aromatic ring is 1. The first kappa shape index (κ1) is 20.4. The number of H-pyrrole nitrogens is 1. The number of benzene rings is 2. The molecule has 4 N–H and O–H groups in total. The highest BCUT2D eigenvalue weighted by atomic mass is 35.5. The highest BCUT2D eigenvalue weighted by Gasteiger charge is 2.13. The van der Waals surface area contributed by atoms with Gasteiger partial charge in [-0.1, -0.05) is 23.7 Å². The van der Waals surface area contributed by atoms with Gasteiger partial charge in [-0.3, -0.25) is 0 Å². The van der Waals surface area contributed by atoms with Gasteiger partial charge in [0.05, 0.1) is 18.4 Å². The smallest absolute Gasteiger partial charge is 0.165 e. The summed E-state index contributed by atoms with van der Waals surface area (Å²) in [7, 11) is 0. The summed E-state index contributed by atoms with van der Waals surface area (Å²) in [4.78, 5) is 16.1. The van der Waals surface area contributed by atoms with Crippen LogP contribution in [0.25, 0.3) is 22.1 Å². The first-order valence-electron chi connectivity index (χ1n) is 10.2. The molecular weight excluding hydrogens is 429 g/mol. The molecule has 0 unspecified atom stereocenters. The topological polar surface area (TPSA) is 97.4 Å². The van der Waals surface area contributed by atoms with Crippen molar-refractivity contribution in [1.82, 2.24) is 29.8 Å². The second-order valence-electron chi connectivity index (χ2n) is 7.77. The molecule has 0 aliphatic heterocycles. The van der Waals surface area contributed by atoms with Crippen LogP contribution in [0.1, 0.15) is 22.4 Å². The van der Waals surface area contributed by atoms with Crippen LogP contribution >= 0.6 is 11.6 Å². The number of hydrogen-bond acceptors (Lipinski definition) is 5. The quantitative estimate of drug-likeness (QED) is 0.358. The first-order chi connectivity index (χ1) is 15.5. The van der Waals surface area contributed by atoms with E-state index in [1.807, 2.05) is 29.7 Å². The van der Waals surface area contributed by atoms with Crippen molar-refractivity contribution in [1.29, 1.82) is 0 Å². The van der Waals surface area contributed by atoms with Crippen LogP contribution in [0.15, 0.2) is 49.1 Å². The molecule has 2 aromatic carbocycles. The summed E-state index contributed by atoms with van der Waals surface area (Å²) in [6.07, 6.45) is 3.13. The Bertz CT molecular complexity index is 1420. The maximum atomic E-state index is 14.1. The number of aryl methyl sites for hydroxylation is 1. The van der Waals surface area contributed by atoms with Crippen LogP contribution in [0.5, 0.6) is 0 Å². The third-order valence-corrected chi connectivity index (χ3v) is 5.79. The number of hydrogen-bond donors (Lipinski definition) is 3. The van der Waals surface area contributed by atoms with E-state index in [9.17, 15) is 4.39 Å². The van der Waals surface area contributed by atoms with E-state index in [0.29, 0.717) is 47.2 Å². The van der Waals surface area contributed by atoms with E-state index in [0.717, 1.165) is 27.7 Å². The van der Waals surface area contributed by atoms with Crippen molar-refractivity contribution in [2.75, 3.05) is 5.73 Å². The van der Waals surface area contributed by atoms with E-state index >= 15 is 0 Å². The summed E-state index contributed by atoms with van der Waals surface area (Å²) >= 11 is 6.39. The number of aromatic amines is 1. The summed E-state index contributed by atoms with van der Waals surface area (Å²) in [6.45, 7) is 3.45. The van der Waals surface area contributed by atoms with Gasteiger partial charge in [0.15, 0.2) is 11.5 Å². The molecule has 7 nitrogen and oxygen atoms in total. The van der Waals surface area contributed by atoms with Crippen molar-refractivity contribution in [3.05, 3.63) is 82.3 Å². The van der Waals surface area contributed by atoms with Crippen molar-refractivity contribution in [3.63, 3.8) is 0 Å².